The summed E-state index contributed by atoms with van der Waals surface area (Å²) >= 11 is 1.85. The number of benzene rings is 4. The molecule has 0 amide bonds. The van der Waals surface area contributed by atoms with Crippen molar-refractivity contribution >= 4 is 55.6 Å². The third-order valence-electron chi connectivity index (χ3n) is 4.61. The molecule has 0 unspecified atom stereocenters. The van der Waals surface area contributed by atoms with Crippen LogP contribution in [0.5, 0.6) is 0 Å². The molecule has 110 valence electrons. The smallest absolute Gasteiger partial charge is 0.114 e. The van der Waals surface area contributed by atoms with Crippen LogP contribution in [-0.2, 0) is 0 Å². The van der Waals surface area contributed by atoms with Gasteiger partial charge in [0.2, 0.25) is 0 Å². The zero-order valence-electron chi connectivity index (χ0n) is 13.0. The van der Waals surface area contributed by atoms with Crippen LogP contribution >= 0.6 is 11.3 Å². The first kappa shape index (κ1) is 13.8. The van der Waals surface area contributed by atoms with E-state index in [4.69, 9.17) is 7.85 Å². The third kappa shape index (κ3) is 2.00. The fourth-order valence-corrected chi connectivity index (χ4v) is 4.71. The van der Waals surface area contributed by atoms with Crippen LogP contribution in [0.15, 0.2) is 78.9 Å². The molecule has 2 heteroatoms. The number of hydrogen-bond donors (Lipinski definition) is 0. The van der Waals surface area contributed by atoms with Gasteiger partial charge in [-0.2, -0.15) is 0 Å². The van der Waals surface area contributed by atoms with Gasteiger partial charge in [0.15, 0.2) is 0 Å². The summed E-state index contributed by atoms with van der Waals surface area (Å²) in [7, 11) is 6.32. The highest BCUT2D eigenvalue weighted by Gasteiger charge is 2.11. The Balaban J connectivity index is 1.86. The molecule has 0 bridgehead atoms. The Labute approximate surface area is 145 Å². The van der Waals surface area contributed by atoms with Gasteiger partial charge in [-0.1, -0.05) is 72.2 Å². The monoisotopic (exact) mass is 320 g/mol. The Morgan fingerprint density at radius 2 is 1.42 bits per heavy atom. The van der Waals surface area contributed by atoms with Gasteiger partial charge in [-0.15, -0.1) is 11.3 Å². The Kier molecular flexibility index (Phi) is 3.01. The summed E-state index contributed by atoms with van der Waals surface area (Å²) in [6.07, 6.45) is 0. The van der Waals surface area contributed by atoms with Crippen LogP contribution in [0.2, 0.25) is 0 Å². The number of fused-ring (bicyclic) bond motifs is 4. The molecule has 1 heterocycles. The van der Waals surface area contributed by atoms with Crippen LogP contribution in [0.25, 0.3) is 42.1 Å². The molecule has 0 fully saturated rings. The lowest BCUT2D eigenvalue weighted by Crippen LogP contribution is -2.04. The van der Waals surface area contributed by atoms with Gasteiger partial charge in [-0.05, 0) is 34.0 Å². The van der Waals surface area contributed by atoms with E-state index < -0.39 is 0 Å². The first-order valence-electron chi connectivity index (χ1n) is 8.00. The third-order valence-corrected chi connectivity index (χ3v) is 5.83. The summed E-state index contributed by atoms with van der Waals surface area (Å²) < 4.78 is 2.65. The molecule has 5 aromatic rings. The van der Waals surface area contributed by atoms with Crippen molar-refractivity contribution in [3.05, 3.63) is 78.9 Å². The quantitative estimate of drug-likeness (QED) is 0.349. The Morgan fingerprint density at radius 3 is 2.33 bits per heavy atom. The predicted octanol–water partition coefficient (Wildman–Crippen LogP) is 5.67. The van der Waals surface area contributed by atoms with Gasteiger partial charge in [0, 0.05) is 20.2 Å². The van der Waals surface area contributed by atoms with Gasteiger partial charge in [0.05, 0.1) is 0 Å². The van der Waals surface area contributed by atoms with E-state index in [-0.39, 0.29) is 0 Å². The second-order valence-electron chi connectivity index (χ2n) is 6.07. The van der Waals surface area contributed by atoms with Crippen LogP contribution in [0, 0.1) is 0 Å². The van der Waals surface area contributed by atoms with Gasteiger partial charge in [-0.25, -0.2) is 0 Å². The van der Waals surface area contributed by atoms with Gasteiger partial charge in [0.25, 0.3) is 0 Å². The fourth-order valence-electron chi connectivity index (χ4n) is 3.47. The fraction of sp³-hybridized carbons (Fsp3) is 0. The van der Waals surface area contributed by atoms with Crippen LogP contribution < -0.4 is 5.46 Å². The largest absolute Gasteiger partial charge is 0.135 e. The first-order chi connectivity index (χ1) is 11.8. The zero-order valence-corrected chi connectivity index (χ0v) is 13.8. The van der Waals surface area contributed by atoms with Gasteiger partial charge in [0.1, 0.15) is 7.85 Å². The maximum Gasteiger partial charge on any atom is 0.114 e. The van der Waals surface area contributed by atoms with Crippen LogP contribution in [-0.4, -0.2) is 7.85 Å². The summed E-state index contributed by atoms with van der Waals surface area (Å²) in [5.74, 6) is 0. The minimum absolute atomic E-state index is 0.834. The van der Waals surface area contributed by atoms with Crippen LogP contribution in [0.1, 0.15) is 0 Å². The molecule has 4 aromatic carbocycles. The van der Waals surface area contributed by atoms with Crippen molar-refractivity contribution in [3.8, 4) is 11.1 Å². The van der Waals surface area contributed by atoms with E-state index in [1.165, 1.54) is 36.7 Å². The van der Waals surface area contributed by atoms with Gasteiger partial charge in [-0.3, -0.25) is 0 Å². The number of thiophene rings is 1. The zero-order chi connectivity index (χ0) is 16.1. The maximum absolute atomic E-state index is 6.32. The Hall–Kier alpha value is -2.58. The van der Waals surface area contributed by atoms with Crippen molar-refractivity contribution in [2.75, 3.05) is 0 Å². The Morgan fingerprint density at radius 1 is 0.667 bits per heavy atom. The maximum atomic E-state index is 6.32. The molecule has 0 nitrogen and oxygen atoms in total. The molecule has 2 radical (unpaired) electrons. The molecule has 0 atom stereocenters. The summed E-state index contributed by atoms with van der Waals surface area (Å²) in [5.41, 5.74) is 3.27. The van der Waals surface area contributed by atoms with Crippen LogP contribution in [0.3, 0.4) is 0 Å². The predicted molar refractivity (Wildman–Crippen MR) is 108 cm³/mol. The van der Waals surface area contributed by atoms with Crippen molar-refractivity contribution in [2.24, 2.45) is 0 Å². The van der Waals surface area contributed by atoms with Crippen molar-refractivity contribution in [1.82, 2.24) is 0 Å². The topological polar surface area (TPSA) is 0 Å². The molecule has 5 rings (SSSR count). The van der Waals surface area contributed by atoms with E-state index in [1.54, 1.807) is 0 Å². The second kappa shape index (κ2) is 5.22. The van der Waals surface area contributed by atoms with Crippen molar-refractivity contribution in [2.45, 2.75) is 0 Å². The standard InChI is InChI=1S/C22H13BS/c23-20-13-15(12-14-6-1-2-7-16(14)20)17-9-5-10-19-18-8-3-4-11-21(18)24-22(17)19/h1-13H. The lowest BCUT2D eigenvalue weighted by Gasteiger charge is -2.09. The molecule has 0 saturated carbocycles. The van der Waals surface area contributed by atoms with Crippen molar-refractivity contribution in [3.63, 3.8) is 0 Å². The minimum atomic E-state index is 0.834. The highest BCUT2D eigenvalue weighted by molar-refractivity contribution is 7.26. The average molecular weight is 320 g/mol. The molecule has 0 spiro atoms. The van der Waals surface area contributed by atoms with Gasteiger partial charge < -0.3 is 0 Å². The lowest BCUT2D eigenvalue weighted by atomic mass is 9.86. The lowest BCUT2D eigenvalue weighted by molar-refractivity contribution is 1.73. The Bertz CT molecular complexity index is 1220. The summed E-state index contributed by atoms with van der Waals surface area (Å²) in [6.45, 7) is 0. The van der Waals surface area contributed by atoms with Crippen LogP contribution in [0.4, 0.5) is 0 Å². The van der Waals surface area contributed by atoms with E-state index >= 15 is 0 Å². The molecule has 0 aliphatic carbocycles. The molecule has 0 aliphatic heterocycles. The van der Waals surface area contributed by atoms with E-state index in [9.17, 15) is 0 Å². The molecule has 0 N–H and O–H groups in total. The van der Waals surface area contributed by atoms with E-state index in [0.717, 1.165) is 10.8 Å². The summed E-state index contributed by atoms with van der Waals surface area (Å²) in [6, 6.07) is 27.8. The molecule has 0 aliphatic rings. The SMILES string of the molecule is [B]c1cc(-c2cccc3c2sc2ccccc23)cc2ccccc12. The minimum Gasteiger partial charge on any atom is -0.135 e. The highest BCUT2D eigenvalue weighted by Crippen LogP contribution is 2.39. The first-order valence-corrected chi connectivity index (χ1v) is 8.82. The van der Waals surface area contributed by atoms with Crippen molar-refractivity contribution in [1.29, 1.82) is 0 Å². The van der Waals surface area contributed by atoms with Gasteiger partial charge >= 0.3 is 0 Å². The molecular formula is C22H13BS. The van der Waals surface area contributed by atoms with Crippen molar-refractivity contribution < 1.29 is 0 Å². The molecular weight excluding hydrogens is 307 g/mol. The molecule has 24 heavy (non-hydrogen) atoms. The number of rotatable bonds is 1. The normalized spacial score (nSPS) is 11.5. The molecule has 0 saturated heterocycles. The highest BCUT2D eigenvalue weighted by atomic mass is 32.1. The second-order valence-corrected chi connectivity index (χ2v) is 7.12. The van der Waals surface area contributed by atoms with E-state index in [2.05, 4.69) is 72.8 Å². The summed E-state index contributed by atoms with van der Waals surface area (Å²) in [4.78, 5) is 0. The summed E-state index contributed by atoms with van der Waals surface area (Å²) in [5, 5.41) is 4.95. The van der Waals surface area contributed by atoms with E-state index in [0.29, 0.717) is 0 Å². The average Bonchev–Trinajstić information content (AvgIpc) is 3.00. The number of hydrogen-bond acceptors (Lipinski definition) is 1. The molecule has 1 aromatic heterocycles. The van der Waals surface area contributed by atoms with E-state index in [1.807, 2.05) is 17.4 Å².